The van der Waals surface area contributed by atoms with Crippen LogP contribution in [-0.2, 0) is 4.79 Å². The topological polar surface area (TPSA) is 90.3 Å². The van der Waals surface area contributed by atoms with Gasteiger partial charge in [0.2, 0.25) is 0 Å². The summed E-state index contributed by atoms with van der Waals surface area (Å²) in [6, 6.07) is 14.8. The van der Waals surface area contributed by atoms with E-state index >= 15 is 0 Å². The van der Waals surface area contributed by atoms with Crippen LogP contribution in [0.2, 0.25) is 0 Å². The molecule has 0 saturated carbocycles. The van der Waals surface area contributed by atoms with Crippen LogP contribution in [0.4, 0.5) is 5.82 Å². The van der Waals surface area contributed by atoms with E-state index in [2.05, 4.69) is 36.4 Å². The van der Waals surface area contributed by atoms with E-state index in [4.69, 9.17) is 0 Å². The van der Waals surface area contributed by atoms with Gasteiger partial charge in [-0.2, -0.15) is 5.10 Å². The molecule has 0 amide bonds. The number of halogens is 1. The van der Waals surface area contributed by atoms with Gasteiger partial charge in [-0.3, -0.25) is 5.43 Å². The molecule has 3 aromatic rings. The summed E-state index contributed by atoms with van der Waals surface area (Å²) in [5, 5.41) is 15.9. The van der Waals surface area contributed by atoms with Crippen LogP contribution in [0.15, 0.2) is 70.5 Å². The highest BCUT2D eigenvalue weighted by Crippen LogP contribution is 2.18. The van der Waals surface area contributed by atoms with Crippen molar-refractivity contribution in [1.82, 2.24) is 9.97 Å². The number of hydrazone groups is 1. The van der Waals surface area contributed by atoms with Crippen molar-refractivity contribution in [3.05, 3.63) is 71.0 Å². The number of benzene rings is 2. The van der Waals surface area contributed by atoms with E-state index in [1.807, 2.05) is 48.5 Å². The van der Waals surface area contributed by atoms with Gasteiger partial charge in [0, 0.05) is 9.86 Å². The third-order valence-corrected chi connectivity index (χ3v) is 3.87. The zero-order chi connectivity index (χ0) is 17.6. The van der Waals surface area contributed by atoms with Gasteiger partial charge in [-0.05, 0) is 35.9 Å². The number of anilines is 1. The molecule has 0 aliphatic carbocycles. The normalized spacial score (nSPS) is 11.8. The van der Waals surface area contributed by atoms with E-state index in [0.29, 0.717) is 5.82 Å². The van der Waals surface area contributed by atoms with Gasteiger partial charge in [0.15, 0.2) is 5.82 Å². The van der Waals surface area contributed by atoms with Crippen molar-refractivity contribution >= 4 is 50.4 Å². The van der Waals surface area contributed by atoms with E-state index in [1.165, 1.54) is 12.4 Å². The molecule has 0 unspecified atom stereocenters. The average Bonchev–Trinajstić information content (AvgIpc) is 2.63. The average molecular weight is 396 g/mol. The highest BCUT2D eigenvalue weighted by molar-refractivity contribution is 9.10. The van der Waals surface area contributed by atoms with Crippen LogP contribution in [0.3, 0.4) is 0 Å². The molecule has 0 radical (unpaired) electrons. The number of nitrogens with zero attached hydrogens (tertiary/aromatic N) is 3. The Labute approximate surface area is 152 Å². The lowest BCUT2D eigenvalue weighted by Gasteiger charge is -2.06. The van der Waals surface area contributed by atoms with Gasteiger partial charge in [0.25, 0.3) is 0 Å². The number of fused-ring (bicyclic) bond motifs is 1. The first-order chi connectivity index (χ1) is 12.1. The number of nitrogens with one attached hydrogen (secondary N) is 1. The van der Waals surface area contributed by atoms with Gasteiger partial charge in [0.05, 0.1) is 11.5 Å². The minimum absolute atomic E-state index is 0.245. The van der Waals surface area contributed by atoms with Crippen molar-refractivity contribution in [2.45, 2.75) is 0 Å². The molecule has 6 nitrogen and oxygen atoms in total. The van der Waals surface area contributed by atoms with E-state index in [-0.39, 0.29) is 5.71 Å². The molecule has 25 heavy (non-hydrogen) atoms. The predicted molar refractivity (Wildman–Crippen MR) is 98.8 cm³/mol. The van der Waals surface area contributed by atoms with E-state index in [9.17, 15) is 9.90 Å². The van der Waals surface area contributed by atoms with Crippen molar-refractivity contribution in [1.29, 1.82) is 0 Å². The van der Waals surface area contributed by atoms with Crippen molar-refractivity contribution in [2.75, 3.05) is 5.43 Å². The zero-order valence-corrected chi connectivity index (χ0v) is 14.5. The number of carboxylic acid groups (broad SMARTS) is 1. The largest absolute Gasteiger partial charge is 0.543 e. The summed E-state index contributed by atoms with van der Waals surface area (Å²) < 4.78 is 0.941. The van der Waals surface area contributed by atoms with Gasteiger partial charge >= 0.3 is 0 Å². The second-order valence-electron chi connectivity index (χ2n) is 5.02. The van der Waals surface area contributed by atoms with E-state index in [0.717, 1.165) is 20.9 Å². The Morgan fingerprint density at radius 3 is 2.64 bits per heavy atom. The second kappa shape index (κ2) is 7.67. The van der Waals surface area contributed by atoms with Gasteiger partial charge in [0.1, 0.15) is 12.0 Å². The Kier molecular flexibility index (Phi) is 5.15. The number of hydrogen-bond acceptors (Lipinski definition) is 6. The first-order valence-corrected chi connectivity index (χ1v) is 8.11. The third kappa shape index (κ3) is 4.27. The predicted octanol–water partition coefficient (Wildman–Crippen LogP) is 2.62. The minimum atomic E-state index is -1.39. The molecule has 0 aliphatic heterocycles. The van der Waals surface area contributed by atoms with Crippen LogP contribution < -0.4 is 10.5 Å². The molecule has 2 aromatic carbocycles. The summed E-state index contributed by atoms with van der Waals surface area (Å²) in [5.74, 6) is -0.972. The number of rotatable bonds is 5. The monoisotopic (exact) mass is 395 g/mol. The zero-order valence-electron chi connectivity index (χ0n) is 12.9. The fourth-order valence-corrected chi connectivity index (χ4v) is 2.37. The number of carbonyl (C=O) groups excluding carboxylic acids is 1. The Morgan fingerprint density at radius 2 is 1.88 bits per heavy atom. The van der Waals surface area contributed by atoms with Gasteiger partial charge in [-0.1, -0.05) is 46.3 Å². The molecule has 0 saturated heterocycles. The van der Waals surface area contributed by atoms with Crippen LogP contribution in [0.25, 0.3) is 17.0 Å². The fraction of sp³-hybridized carbons (Fsp3) is 0. The molecule has 0 spiro atoms. The molecular formula is C18H12BrN4O2-. The molecule has 0 bridgehead atoms. The summed E-state index contributed by atoms with van der Waals surface area (Å²) in [4.78, 5) is 19.5. The summed E-state index contributed by atoms with van der Waals surface area (Å²) in [6.45, 7) is 0. The lowest BCUT2D eigenvalue weighted by Crippen LogP contribution is -2.31. The smallest absolute Gasteiger partial charge is 0.157 e. The summed E-state index contributed by atoms with van der Waals surface area (Å²) in [6.07, 6.45) is 4.40. The molecule has 124 valence electrons. The lowest BCUT2D eigenvalue weighted by atomic mass is 10.2. The number of para-hydroxylation sites is 1. The Hall–Kier alpha value is -3.06. The van der Waals surface area contributed by atoms with E-state index < -0.39 is 5.97 Å². The summed E-state index contributed by atoms with van der Waals surface area (Å²) in [5.41, 5.74) is 4.00. The van der Waals surface area contributed by atoms with Crippen LogP contribution >= 0.6 is 15.9 Å². The Bertz CT molecular complexity index is 963. The van der Waals surface area contributed by atoms with Crippen LogP contribution in [0.5, 0.6) is 0 Å². The quantitative estimate of drug-likeness (QED) is 0.529. The fourth-order valence-electron chi connectivity index (χ4n) is 2.11. The van der Waals surface area contributed by atoms with Crippen molar-refractivity contribution in [2.24, 2.45) is 5.10 Å². The highest BCUT2D eigenvalue weighted by Gasteiger charge is 2.02. The van der Waals surface area contributed by atoms with Crippen molar-refractivity contribution < 1.29 is 9.90 Å². The minimum Gasteiger partial charge on any atom is -0.543 e. The maximum atomic E-state index is 11.3. The van der Waals surface area contributed by atoms with E-state index in [1.54, 1.807) is 6.08 Å². The molecule has 0 fully saturated rings. The number of aromatic nitrogens is 2. The SMILES string of the molecule is O=C([O-])C(C=Cc1ccc(Br)cc1)=NNc1ncnc2ccccc12. The first kappa shape index (κ1) is 16.8. The van der Waals surface area contributed by atoms with Crippen LogP contribution in [0.1, 0.15) is 5.56 Å². The molecule has 0 aliphatic rings. The molecule has 0 atom stereocenters. The van der Waals surface area contributed by atoms with Gasteiger partial charge in [-0.25, -0.2) is 9.97 Å². The second-order valence-corrected chi connectivity index (χ2v) is 5.94. The van der Waals surface area contributed by atoms with Gasteiger partial charge < -0.3 is 9.90 Å². The van der Waals surface area contributed by atoms with Crippen molar-refractivity contribution in [3.63, 3.8) is 0 Å². The highest BCUT2D eigenvalue weighted by atomic mass is 79.9. The Balaban J connectivity index is 1.85. The number of carboxylic acids is 1. The van der Waals surface area contributed by atoms with Crippen LogP contribution in [-0.4, -0.2) is 21.6 Å². The molecule has 7 heteroatoms. The molecule has 3 rings (SSSR count). The maximum Gasteiger partial charge on any atom is 0.157 e. The summed E-state index contributed by atoms with van der Waals surface area (Å²) >= 11 is 3.35. The third-order valence-electron chi connectivity index (χ3n) is 3.34. The number of carbonyl (C=O) groups is 1. The number of aliphatic carboxylic acids is 1. The molecule has 1 heterocycles. The lowest BCUT2D eigenvalue weighted by molar-refractivity contribution is -0.293. The molecule has 1 N–H and O–H groups in total. The molecular weight excluding hydrogens is 384 g/mol. The van der Waals surface area contributed by atoms with Crippen LogP contribution in [0, 0.1) is 0 Å². The summed E-state index contributed by atoms with van der Waals surface area (Å²) in [7, 11) is 0. The maximum absolute atomic E-state index is 11.3. The Morgan fingerprint density at radius 1 is 1.12 bits per heavy atom. The number of hydrogen-bond donors (Lipinski definition) is 1. The van der Waals surface area contributed by atoms with Gasteiger partial charge in [-0.15, -0.1) is 0 Å². The standard InChI is InChI=1S/C18H13BrN4O2/c19-13-8-5-12(6-9-13)7-10-16(18(24)25)22-23-17-14-3-1-2-4-15(14)20-11-21-17/h1-11H,(H,24,25)(H,20,21,23)/p-1. The molecule has 1 aromatic heterocycles. The first-order valence-electron chi connectivity index (χ1n) is 7.32. The van der Waals surface area contributed by atoms with Crippen molar-refractivity contribution in [3.8, 4) is 0 Å².